The van der Waals surface area contributed by atoms with E-state index in [1.165, 1.54) is 30.4 Å². The summed E-state index contributed by atoms with van der Waals surface area (Å²) in [7, 11) is 0. The summed E-state index contributed by atoms with van der Waals surface area (Å²) in [4.78, 5) is 24.4. The lowest BCUT2D eigenvalue weighted by Gasteiger charge is -2.13. The molecule has 0 fully saturated rings. The number of aryl methyl sites for hydroxylation is 1. The normalized spacial score (nSPS) is 11.8. The molecule has 2 rings (SSSR count). The highest BCUT2D eigenvalue weighted by atomic mass is 32.1. The van der Waals surface area contributed by atoms with Crippen molar-refractivity contribution in [1.82, 2.24) is 5.32 Å². The third-order valence-corrected chi connectivity index (χ3v) is 4.32. The largest absolute Gasteiger partial charge is 0.448 e. The van der Waals surface area contributed by atoms with Crippen molar-refractivity contribution < 1.29 is 18.7 Å². The van der Waals surface area contributed by atoms with Gasteiger partial charge in [0.1, 0.15) is 10.7 Å². The zero-order chi connectivity index (χ0) is 16.8. The number of hydrogen-bond donors (Lipinski definition) is 1. The number of rotatable bonds is 6. The van der Waals surface area contributed by atoms with Gasteiger partial charge in [-0.05, 0) is 55.0 Å². The van der Waals surface area contributed by atoms with Gasteiger partial charge in [-0.25, -0.2) is 9.18 Å². The van der Waals surface area contributed by atoms with Gasteiger partial charge in [0.2, 0.25) is 0 Å². The maximum absolute atomic E-state index is 12.8. The molecule has 4 nitrogen and oxygen atoms in total. The van der Waals surface area contributed by atoms with Gasteiger partial charge in [0.05, 0.1) is 0 Å². The van der Waals surface area contributed by atoms with Crippen LogP contribution in [0.25, 0.3) is 0 Å². The molecule has 6 heteroatoms. The van der Waals surface area contributed by atoms with Crippen molar-refractivity contribution in [3.63, 3.8) is 0 Å². The molecule has 0 unspecified atom stereocenters. The van der Waals surface area contributed by atoms with Crippen LogP contribution in [0.15, 0.2) is 35.7 Å². The van der Waals surface area contributed by atoms with Crippen molar-refractivity contribution in [2.45, 2.75) is 26.4 Å². The van der Waals surface area contributed by atoms with E-state index in [-0.39, 0.29) is 11.7 Å². The van der Waals surface area contributed by atoms with E-state index in [1.54, 1.807) is 17.5 Å². The number of thiophene rings is 1. The predicted octanol–water partition coefficient (Wildman–Crippen LogP) is 3.10. The van der Waals surface area contributed by atoms with Crippen molar-refractivity contribution in [3.8, 4) is 0 Å². The molecule has 23 heavy (non-hydrogen) atoms. The second kappa shape index (κ2) is 7.87. The molecule has 0 saturated carbocycles. The number of esters is 1. The smallest absolute Gasteiger partial charge is 0.349 e. The van der Waals surface area contributed by atoms with E-state index in [0.29, 0.717) is 17.8 Å². The highest BCUT2D eigenvalue weighted by Crippen LogP contribution is 2.17. The lowest BCUT2D eigenvalue weighted by Crippen LogP contribution is -2.36. The maximum Gasteiger partial charge on any atom is 0.349 e. The minimum atomic E-state index is -0.864. The number of benzene rings is 1. The monoisotopic (exact) mass is 335 g/mol. The molecule has 122 valence electrons. The Morgan fingerprint density at radius 3 is 2.57 bits per heavy atom. The molecule has 2 aromatic rings. The van der Waals surface area contributed by atoms with Crippen LogP contribution in [0.5, 0.6) is 0 Å². The van der Waals surface area contributed by atoms with E-state index >= 15 is 0 Å². The summed E-state index contributed by atoms with van der Waals surface area (Å²) < 4.78 is 18.0. The summed E-state index contributed by atoms with van der Waals surface area (Å²) in [5.74, 6) is -1.13. The summed E-state index contributed by atoms with van der Waals surface area (Å²) >= 11 is 1.29. The predicted molar refractivity (Wildman–Crippen MR) is 87.0 cm³/mol. The van der Waals surface area contributed by atoms with Gasteiger partial charge in [-0.2, -0.15) is 0 Å². The van der Waals surface area contributed by atoms with E-state index in [1.807, 2.05) is 13.0 Å². The summed E-state index contributed by atoms with van der Waals surface area (Å²) in [6, 6.07) is 7.93. The quantitative estimate of drug-likeness (QED) is 0.825. The molecule has 1 aromatic carbocycles. The third-order valence-electron chi connectivity index (χ3n) is 3.33. The first-order valence-corrected chi connectivity index (χ1v) is 8.12. The van der Waals surface area contributed by atoms with Crippen LogP contribution in [0.1, 0.15) is 27.7 Å². The zero-order valence-electron chi connectivity index (χ0n) is 13.0. The van der Waals surface area contributed by atoms with Crippen LogP contribution < -0.4 is 5.32 Å². The molecule has 1 heterocycles. The Labute approximate surface area is 138 Å². The Morgan fingerprint density at radius 2 is 1.96 bits per heavy atom. The standard InChI is InChI=1S/C17H18FNO3S/c1-11-8-10-23-15(11)17(21)22-12(2)16(20)19-9-7-13-3-5-14(18)6-4-13/h3-6,8,10,12H,7,9H2,1-2H3,(H,19,20)/t12-/m0/s1. The van der Waals surface area contributed by atoms with E-state index in [0.717, 1.165) is 11.1 Å². The summed E-state index contributed by atoms with van der Waals surface area (Å²) in [5.41, 5.74) is 1.76. The summed E-state index contributed by atoms with van der Waals surface area (Å²) in [6.45, 7) is 3.75. The average Bonchev–Trinajstić information content (AvgIpc) is 2.95. The van der Waals surface area contributed by atoms with Crippen molar-refractivity contribution in [1.29, 1.82) is 0 Å². The van der Waals surface area contributed by atoms with Crippen LogP contribution in [-0.4, -0.2) is 24.5 Å². The zero-order valence-corrected chi connectivity index (χ0v) is 13.8. The molecule has 0 aliphatic rings. The van der Waals surface area contributed by atoms with Gasteiger partial charge >= 0.3 is 5.97 Å². The number of nitrogens with one attached hydrogen (secondary N) is 1. The van der Waals surface area contributed by atoms with Gasteiger partial charge in [0.25, 0.3) is 5.91 Å². The number of carbonyl (C=O) groups excluding carboxylic acids is 2. The molecule has 0 spiro atoms. The van der Waals surface area contributed by atoms with Crippen LogP contribution in [-0.2, 0) is 16.0 Å². The van der Waals surface area contributed by atoms with E-state index in [4.69, 9.17) is 4.74 Å². The number of carbonyl (C=O) groups is 2. The minimum Gasteiger partial charge on any atom is -0.448 e. The van der Waals surface area contributed by atoms with Crippen molar-refractivity contribution in [2.24, 2.45) is 0 Å². The van der Waals surface area contributed by atoms with Crippen LogP contribution in [0.4, 0.5) is 4.39 Å². The molecular weight excluding hydrogens is 317 g/mol. The summed E-state index contributed by atoms with van der Waals surface area (Å²) in [6.07, 6.45) is -0.284. The molecule has 0 radical (unpaired) electrons. The van der Waals surface area contributed by atoms with Gasteiger partial charge in [-0.1, -0.05) is 12.1 Å². The van der Waals surface area contributed by atoms with Crippen LogP contribution in [0, 0.1) is 12.7 Å². The summed E-state index contributed by atoms with van der Waals surface area (Å²) in [5, 5.41) is 4.51. The number of hydrogen-bond acceptors (Lipinski definition) is 4. The second-order valence-corrected chi connectivity index (χ2v) is 6.06. The fraction of sp³-hybridized carbons (Fsp3) is 0.294. The van der Waals surface area contributed by atoms with Gasteiger partial charge < -0.3 is 10.1 Å². The van der Waals surface area contributed by atoms with E-state index in [9.17, 15) is 14.0 Å². The molecule has 1 N–H and O–H groups in total. The van der Waals surface area contributed by atoms with E-state index in [2.05, 4.69) is 5.32 Å². The van der Waals surface area contributed by atoms with Gasteiger partial charge in [0, 0.05) is 6.54 Å². The van der Waals surface area contributed by atoms with Gasteiger partial charge in [0.15, 0.2) is 6.10 Å². The van der Waals surface area contributed by atoms with Gasteiger partial charge in [-0.15, -0.1) is 11.3 Å². The first-order chi connectivity index (χ1) is 11.0. The van der Waals surface area contributed by atoms with Crippen molar-refractivity contribution in [3.05, 3.63) is 57.5 Å². The Kier molecular flexibility index (Phi) is 5.87. The first kappa shape index (κ1) is 17.1. The molecular formula is C17H18FNO3S. The van der Waals surface area contributed by atoms with Crippen LogP contribution in [0.2, 0.25) is 0 Å². The Balaban J connectivity index is 1.77. The highest BCUT2D eigenvalue weighted by Gasteiger charge is 2.20. The number of amides is 1. The second-order valence-electron chi connectivity index (χ2n) is 5.15. The minimum absolute atomic E-state index is 0.290. The van der Waals surface area contributed by atoms with Crippen LogP contribution in [0.3, 0.4) is 0 Å². The molecule has 1 amide bonds. The number of halogens is 1. The topological polar surface area (TPSA) is 55.4 Å². The maximum atomic E-state index is 12.8. The third kappa shape index (κ3) is 4.89. The molecule has 0 saturated heterocycles. The Morgan fingerprint density at radius 1 is 1.26 bits per heavy atom. The fourth-order valence-corrected chi connectivity index (χ4v) is 2.78. The van der Waals surface area contributed by atoms with Crippen molar-refractivity contribution >= 4 is 23.2 Å². The van der Waals surface area contributed by atoms with Crippen LogP contribution >= 0.6 is 11.3 Å². The highest BCUT2D eigenvalue weighted by molar-refractivity contribution is 7.12. The molecule has 0 bridgehead atoms. The lowest BCUT2D eigenvalue weighted by molar-refractivity contribution is -0.129. The Bertz CT molecular complexity index is 681. The van der Waals surface area contributed by atoms with Crippen molar-refractivity contribution in [2.75, 3.05) is 6.54 Å². The SMILES string of the molecule is Cc1ccsc1C(=O)O[C@@H](C)C(=O)NCCc1ccc(F)cc1. The molecule has 1 aromatic heterocycles. The fourth-order valence-electron chi connectivity index (χ4n) is 1.97. The molecule has 0 aliphatic carbocycles. The molecule has 1 atom stereocenters. The lowest BCUT2D eigenvalue weighted by atomic mass is 10.1. The number of ether oxygens (including phenoxy) is 1. The Hall–Kier alpha value is -2.21. The van der Waals surface area contributed by atoms with Gasteiger partial charge in [-0.3, -0.25) is 4.79 Å². The average molecular weight is 335 g/mol. The first-order valence-electron chi connectivity index (χ1n) is 7.24. The molecule has 0 aliphatic heterocycles. The van der Waals surface area contributed by atoms with E-state index < -0.39 is 12.1 Å².